The van der Waals surface area contributed by atoms with Crippen molar-refractivity contribution in [1.29, 1.82) is 5.26 Å². The minimum atomic E-state index is -1.09. The van der Waals surface area contributed by atoms with Gasteiger partial charge in [0.25, 0.3) is 0 Å². The zero-order valence-corrected chi connectivity index (χ0v) is 23.2. The molecule has 3 unspecified atom stereocenters. The van der Waals surface area contributed by atoms with Crippen molar-refractivity contribution in [3.63, 3.8) is 0 Å². The van der Waals surface area contributed by atoms with Gasteiger partial charge in [-0.2, -0.15) is 5.26 Å². The van der Waals surface area contributed by atoms with Gasteiger partial charge in [-0.15, -0.1) is 16.4 Å². The first-order valence-electron chi connectivity index (χ1n) is 11.5. The maximum Gasteiger partial charge on any atom is 0.303 e. The average Bonchev–Trinajstić information content (AvgIpc) is 3.56. The Labute approximate surface area is 236 Å². The van der Waals surface area contributed by atoms with E-state index in [1.807, 2.05) is 6.07 Å². The Morgan fingerprint density at radius 1 is 1.15 bits per heavy atom. The lowest BCUT2D eigenvalue weighted by atomic mass is 9.96. The van der Waals surface area contributed by atoms with Gasteiger partial charge in [-0.3, -0.25) is 14.4 Å². The maximum absolute atomic E-state index is 12.3. The van der Waals surface area contributed by atoms with E-state index in [0.29, 0.717) is 21.8 Å². The van der Waals surface area contributed by atoms with E-state index in [4.69, 9.17) is 30.5 Å². The van der Waals surface area contributed by atoms with Crippen molar-refractivity contribution in [3.05, 3.63) is 45.9 Å². The van der Waals surface area contributed by atoms with E-state index in [0.717, 1.165) is 11.8 Å². The first kappa shape index (κ1) is 28.5. The van der Waals surface area contributed by atoms with Crippen molar-refractivity contribution >= 4 is 52.6 Å². The van der Waals surface area contributed by atoms with E-state index in [9.17, 15) is 19.6 Å². The monoisotopic (exact) mass is 591 g/mol. The van der Waals surface area contributed by atoms with Crippen molar-refractivity contribution in [3.8, 4) is 17.5 Å². The molecule has 1 aliphatic heterocycles. The Morgan fingerprint density at radius 3 is 2.51 bits per heavy atom. The smallest absolute Gasteiger partial charge is 0.303 e. The molecule has 1 fully saturated rings. The first-order chi connectivity index (χ1) is 18.7. The Hall–Kier alpha value is -3.51. The summed E-state index contributed by atoms with van der Waals surface area (Å²) in [7, 11) is 0. The number of rotatable bonds is 8. The van der Waals surface area contributed by atoms with Crippen LogP contribution in [0.1, 0.15) is 32.4 Å². The second-order valence-electron chi connectivity index (χ2n) is 8.31. The normalized spacial score (nSPS) is 22.5. The van der Waals surface area contributed by atoms with Crippen molar-refractivity contribution in [1.82, 2.24) is 20.0 Å². The summed E-state index contributed by atoms with van der Waals surface area (Å²) in [5.74, 6) is -1.81. The fraction of sp³-hybridized carbons (Fsp3) is 0.375. The maximum atomic E-state index is 12.3. The van der Waals surface area contributed by atoms with Crippen LogP contribution in [-0.2, 0) is 33.3 Å². The molecular weight excluding hydrogens is 570 g/mol. The molecule has 0 saturated carbocycles. The summed E-state index contributed by atoms with van der Waals surface area (Å²) in [4.78, 5) is 40.9. The van der Waals surface area contributed by atoms with E-state index < -0.39 is 47.7 Å². The van der Waals surface area contributed by atoms with Gasteiger partial charge in [0, 0.05) is 31.0 Å². The molecular formula is C24H22ClN5O7S2. The average molecular weight is 592 g/mol. The Balaban J connectivity index is 1.79. The molecule has 1 saturated heterocycles. The number of hydrogen-bond acceptors (Lipinski definition) is 13. The van der Waals surface area contributed by atoms with Gasteiger partial charge in [0.05, 0.1) is 22.3 Å². The van der Waals surface area contributed by atoms with Crippen molar-refractivity contribution in [2.45, 2.75) is 55.5 Å². The SMILES string of the molecule is CC(=O)OCC1O[C@H](Sc2ccc(C#N)c(Cl)c2)C(OC(C)=O)C(n2cc(-c3cscn3)nn2)[C@H]1OC(C)=O. The van der Waals surface area contributed by atoms with E-state index in [2.05, 4.69) is 15.3 Å². The number of carbonyl (C=O) groups excluding carboxylic acids is 3. The zero-order chi connectivity index (χ0) is 28.1. The fourth-order valence-corrected chi connectivity index (χ4v) is 5.93. The minimum Gasteiger partial charge on any atom is -0.463 e. The molecule has 4 rings (SSSR count). The molecule has 0 N–H and O–H groups in total. The molecule has 3 aromatic rings. The van der Waals surface area contributed by atoms with Gasteiger partial charge >= 0.3 is 17.9 Å². The number of thiazole rings is 1. The number of nitrogens with zero attached hydrogens (tertiary/aromatic N) is 5. The highest BCUT2D eigenvalue weighted by Crippen LogP contribution is 2.42. The highest BCUT2D eigenvalue weighted by atomic mass is 35.5. The summed E-state index contributed by atoms with van der Waals surface area (Å²) < 4.78 is 24.3. The molecule has 0 radical (unpaired) electrons. The molecule has 0 spiro atoms. The summed E-state index contributed by atoms with van der Waals surface area (Å²) in [6.07, 6.45) is -1.50. The lowest BCUT2D eigenvalue weighted by molar-refractivity contribution is -0.212. The third-order valence-electron chi connectivity index (χ3n) is 5.50. The van der Waals surface area contributed by atoms with Gasteiger partial charge < -0.3 is 18.9 Å². The van der Waals surface area contributed by atoms with Gasteiger partial charge in [-0.1, -0.05) is 28.6 Å². The highest BCUT2D eigenvalue weighted by molar-refractivity contribution is 7.99. The van der Waals surface area contributed by atoms with E-state index >= 15 is 0 Å². The quantitative estimate of drug-likeness (QED) is 0.278. The van der Waals surface area contributed by atoms with Crippen LogP contribution in [0.3, 0.4) is 0 Å². The van der Waals surface area contributed by atoms with Crippen LogP contribution in [-0.4, -0.2) is 68.2 Å². The predicted octanol–water partition coefficient (Wildman–Crippen LogP) is 3.41. The lowest BCUT2D eigenvalue weighted by Crippen LogP contribution is -2.57. The number of nitriles is 1. The number of ether oxygens (including phenoxy) is 4. The van der Waals surface area contributed by atoms with Crippen LogP contribution in [0.15, 0.2) is 40.2 Å². The third-order valence-corrected chi connectivity index (χ3v) is 7.53. The second kappa shape index (κ2) is 12.6. The number of aromatic nitrogens is 4. The van der Waals surface area contributed by atoms with Crippen LogP contribution in [0.25, 0.3) is 11.4 Å². The number of esters is 3. The first-order valence-corrected chi connectivity index (χ1v) is 13.7. The van der Waals surface area contributed by atoms with Gasteiger partial charge in [0.2, 0.25) is 0 Å². The topological polar surface area (TPSA) is 156 Å². The van der Waals surface area contributed by atoms with Crippen molar-refractivity contribution in [2.75, 3.05) is 6.61 Å². The molecule has 0 bridgehead atoms. The fourth-order valence-electron chi connectivity index (χ4n) is 3.95. The number of carbonyl (C=O) groups is 3. The van der Waals surface area contributed by atoms with Crippen molar-refractivity contribution < 1.29 is 33.3 Å². The third kappa shape index (κ3) is 6.93. The minimum absolute atomic E-state index is 0.234. The van der Waals surface area contributed by atoms with Crippen LogP contribution in [0.5, 0.6) is 0 Å². The van der Waals surface area contributed by atoms with Crippen LogP contribution in [0.2, 0.25) is 5.02 Å². The molecule has 0 amide bonds. The van der Waals surface area contributed by atoms with Crippen LogP contribution in [0.4, 0.5) is 0 Å². The lowest BCUT2D eigenvalue weighted by Gasteiger charge is -2.44. The highest BCUT2D eigenvalue weighted by Gasteiger charge is 2.52. The van der Waals surface area contributed by atoms with E-state index in [-0.39, 0.29) is 11.6 Å². The van der Waals surface area contributed by atoms with Crippen LogP contribution < -0.4 is 0 Å². The van der Waals surface area contributed by atoms with Gasteiger partial charge in [-0.05, 0) is 18.2 Å². The number of benzene rings is 1. The van der Waals surface area contributed by atoms with Crippen molar-refractivity contribution in [2.24, 2.45) is 0 Å². The summed E-state index contributed by atoms with van der Waals surface area (Å²) in [6, 6.07) is 5.89. The van der Waals surface area contributed by atoms with Gasteiger partial charge in [-0.25, -0.2) is 9.67 Å². The molecule has 39 heavy (non-hydrogen) atoms. The summed E-state index contributed by atoms with van der Waals surface area (Å²) in [6.45, 7) is 3.45. The molecule has 5 atom stereocenters. The van der Waals surface area contributed by atoms with Crippen LogP contribution >= 0.6 is 34.7 Å². The summed E-state index contributed by atoms with van der Waals surface area (Å²) in [5.41, 5.74) is 2.07. The van der Waals surface area contributed by atoms with Gasteiger partial charge in [0.1, 0.15) is 41.6 Å². The molecule has 204 valence electrons. The summed E-state index contributed by atoms with van der Waals surface area (Å²) in [5, 5.41) is 19.7. The number of thioether (sulfide) groups is 1. The standard InChI is InChI=1S/C24H22ClN5O7S2/c1-12(31)34-9-20-22(35-13(2)32)21(30-8-18(28-29-30)19-10-38-11-27-19)23(36-14(3)33)24(37-20)39-16-5-4-15(7-26)17(25)6-16/h4-6,8,10-11,20-24H,9H2,1-3H3/t20?,21?,22-,23?,24+/m0/s1. The zero-order valence-electron chi connectivity index (χ0n) is 20.8. The summed E-state index contributed by atoms with van der Waals surface area (Å²) >= 11 is 8.78. The molecule has 1 aliphatic rings. The predicted molar refractivity (Wildman–Crippen MR) is 139 cm³/mol. The molecule has 3 heterocycles. The molecule has 2 aromatic heterocycles. The van der Waals surface area contributed by atoms with Crippen LogP contribution in [0, 0.1) is 11.3 Å². The number of hydrogen-bond donors (Lipinski definition) is 0. The Kier molecular flexibility index (Phi) is 9.18. The van der Waals surface area contributed by atoms with E-state index in [1.165, 1.54) is 36.8 Å². The van der Waals surface area contributed by atoms with E-state index in [1.54, 1.807) is 35.3 Å². The molecule has 15 heteroatoms. The molecule has 0 aliphatic carbocycles. The van der Waals surface area contributed by atoms with Gasteiger partial charge in [0.15, 0.2) is 12.2 Å². The Morgan fingerprint density at radius 2 is 1.90 bits per heavy atom. The largest absolute Gasteiger partial charge is 0.463 e. The molecule has 1 aromatic carbocycles. The second-order valence-corrected chi connectivity index (χ2v) is 10.6. The Bertz CT molecular complexity index is 1390. The number of halogens is 1. The molecule has 12 nitrogen and oxygen atoms in total.